The zero-order valence-electron chi connectivity index (χ0n) is 14.3. The topological polar surface area (TPSA) is 48.0 Å². The number of anilines is 1. The van der Waals surface area contributed by atoms with Gasteiger partial charge in [0.2, 0.25) is 0 Å². The lowest BCUT2D eigenvalue weighted by atomic mass is 9.85. The largest absolute Gasteiger partial charge is 0.348 e. The van der Waals surface area contributed by atoms with Gasteiger partial charge in [0.25, 0.3) is 0 Å². The Bertz CT molecular complexity index is 815. The van der Waals surface area contributed by atoms with E-state index in [9.17, 15) is 0 Å². The van der Waals surface area contributed by atoms with Gasteiger partial charge in [-0.15, -0.1) is 0 Å². The van der Waals surface area contributed by atoms with Gasteiger partial charge in [0.05, 0.1) is 16.8 Å². The first kappa shape index (κ1) is 15.3. The van der Waals surface area contributed by atoms with Gasteiger partial charge >= 0.3 is 0 Å². The van der Waals surface area contributed by atoms with E-state index >= 15 is 0 Å². The van der Waals surface area contributed by atoms with Gasteiger partial charge in [-0.1, -0.05) is 23.5 Å². The molecule has 6 heteroatoms. The zero-order valence-corrected chi connectivity index (χ0v) is 15.1. The smallest absolute Gasteiger partial charge is 0.186 e. The molecular formula is C19H23N5S. The van der Waals surface area contributed by atoms with Crippen LogP contribution in [-0.4, -0.2) is 45.0 Å². The Labute approximate surface area is 151 Å². The molecule has 2 aliphatic heterocycles. The Balaban J connectivity index is 1.31. The molecule has 0 aliphatic carbocycles. The van der Waals surface area contributed by atoms with Gasteiger partial charge < -0.3 is 9.88 Å². The Morgan fingerprint density at radius 2 is 2.00 bits per heavy atom. The van der Waals surface area contributed by atoms with Gasteiger partial charge in [0, 0.05) is 31.0 Å². The lowest BCUT2D eigenvalue weighted by Gasteiger charge is -2.44. The van der Waals surface area contributed by atoms with Crippen LogP contribution in [0.25, 0.3) is 10.2 Å². The Kier molecular flexibility index (Phi) is 3.75. The number of benzene rings is 1. The number of piperidine rings is 1. The van der Waals surface area contributed by atoms with E-state index in [1.807, 2.05) is 23.7 Å². The zero-order chi connectivity index (χ0) is 16.7. The number of aromatic amines is 1. The molecule has 1 spiro atoms. The van der Waals surface area contributed by atoms with Crippen molar-refractivity contribution in [2.45, 2.75) is 37.8 Å². The summed E-state index contributed by atoms with van der Waals surface area (Å²) in [5.41, 5.74) is 1.49. The van der Waals surface area contributed by atoms with E-state index < -0.39 is 0 Å². The summed E-state index contributed by atoms with van der Waals surface area (Å²) in [6.45, 7) is 4.36. The Morgan fingerprint density at radius 1 is 1.12 bits per heavy atom. The summed E-state index contributed by atoms with van der Waals surface area (Å²) in [6, 6.07) is 8.45. The van der Waals surface area contributed by atoms with Crippen molar-refractivity contribution in [3.63, 3.8) is 0 Å². The highest BCUT2D eigenvalue weighted by atomic mass is 32.1. The van der Waals surface area contributed by atoms with Crippen molar-refractivity contribution >= 4 is 26.7 Å². The first-order valence-corrected chi connectivity index (χ1v) is 9.98. The number of nitrogens with one attached hydrogen (secondary N) is 1. The van der Waals surface area contributed by atoms with Gasteiger partial charge in [0.15, 0.2) is 5.13 Å². The molecule has 3 aromatic rings. The monoisotopic (exact) mass is 353 g/mol. The van der Waals surface area contributed by atoms with Crippen molar-refractivity contribution in [2.24, 2.45) is 0 Å². The van der Waals surface area contributed by atoms with Crippen LogP contribution in [0.5, 0.6) is 0 Å². The number of nitrogens with zero attached hydrogens (tertiary/aromatic N) is 4. The summed E-state index contributed by atoms with van der Waals surface area (Å²) in [5, 5.41) is 1.19. The molecule has 1 aromatic carbocycles. The van der Waals surface area contributed by atoms with Crippen LogP contribution in [0.15, 0.2) is 36.7 Å². The molecule has 25 heavy (non-hydrogen) atoms. The van der Waals surface area contributed by atoms with Crippen molar-refractivity contribution in [3.8, 4) is 0 Å². The van der Waals surface area contributed by atoms with Crippen LogP contribution >= 0.6 is 11.3 Å². The fraction of sp³-hybridized carbons (Fsp3) is 0.474. The second-order valence-electron chi connectivity index (χ2n) is 7.24. The molecule has 4 heterocycles. The van der Waals surface area contributed by atoms with Gasteiger partial charge in [-0.2, -0.15) is 0 Å². The Hall–Kier alpha value is -1.92. The fourth-order valence-electron chi connectivity index (χ4n) is 4.48. The third-order valence-corrected chi connectivity index (χ3v) is 6.98. The molecule has 1 N–H and O–H groups in total. The molecular weight excluding hydrogens is 330 g/mol. The maximum absolute atomic E-state index is 4.85. The minimum absolute atomic E-state index is 0.361. The molecule has 0 unspecified atom stereocenters. The van der Waals surface area contributed by atoms with E-state index in [0.717, 1.165) is 31.0 Å². The van der Waals surface area contributed by atoms with Gasteiger partial charge in [0.1, 0.15) is 5.82 Å². The summed E-state index contributed by atoms with van der Waals surface area (Å²) in [4.78, 5) is 17.7. The second kappa shape index (κ2) is 6.11. The molecule has 5 rings (SSSR count). The summed E-state index contributed by atoms with van der Waals surface area (Å²) >= 11 is 1.83. The van der Waals surface area contributed by atoms with E-state index in [2.05, 4.69) is 44.0 Å². The average molecular weight is 353 g/mol. The molecule has 0 atom stereocenters. The predicted octanol–water partition coefficient (Wildman–Crippen LogP) is 3.65. The highest BCUT2D eigenvalue weighted by molar-refractivity contribution is 7.22. The molecule has 0 amide bonds. The Morgan fingerprint density at radius 3 is 2.80 bits per heavy atom. The van der Waals surface area contributed by atoms with E-state index in [4.69, 9.17) is 4.98 Å². The molecule has 130 valence electrons. The third-order valence-electron chi connectivity index (χ3n) is 5.88. The number of H-pyrrole nitrogens is 1. The molecule has 2 fully saturated rings. The minimum atomic E-state index is 0.361. The fourth-order valence-corrected chi connectivity index (χ4v) is 5.50. The molecule has 2 aromatic heterocycles. The van der Waals surface area contributed by atoms with E-state index in [0.29, 0.717) is 5.54 Å². The maximum atomic E-state index is 4.85. The van der Waals surface area contributed by atoms with E-state index in [1.165, 1.54) is 42.1 Å². The van der Waals surface area contributed by atoms with Gasteiger partial charge in [-0.05, 0) is 44.4 Å². The first-order chi connectivity index (χ1) is 12.3. The lowest BCUT2D eigenvalue weighted by molar-refractivity contribution is 0.0973. The molecule has 2 saturated heterocycles. The van der Waals surface area contributed by atoms with Crippen LogP contribution in [0, 0.1) is 0 Å². The lowest BCUT2D eigenvalue weighted by Crippen LogP contribution is -2.52. The van der Waals surface area contributed by atoms with Crippen LogP contribution in [-0.2, 0) is 6.54 Å². The number of para-hydroxylation sites is 1. The summed E-state index contributed by atoms with van der Waals surface area (Å²) < 4.78 is 1.29. The normalized spacial score (nSPS) is 20.7. The number of thiazole rings is 1. The second-order valence-corrected chi connectivity index (χ2v) is 8.25. The molecule has 0 saturated carbocycles. The summed E-state index contributed by atoms with van der Waals surface area (Å²) in [6.07, 6.45) is 8.86. The number of hydrogen-bond donors (Lipinski definition) is 1. The van der Waals surface area contributed by atoms with Crippen LogP contribution in [0.1, 0.15) is 31.5 Å². The number of likely N-dealkylation sites (tertiary alicyclic amines) is 1. The van der Waals surface area contributed by atoms with Gasteiger partial charge in [-0.3, -0.25) is 4.90 Å². The first-order valence-electron chi connectivity index (χ1n) is 9.16. The SMILES string of the molecule is c1ccc2sc(N3CCC4(CCCN4Cc4ncc[nH]4)CC3)nc2c1. The van der Waals surface area contributed by atoms with Gasteiger partial charge in [-0.25, -0.2) is 9.97 Å². The molecule has 0 radical (unpaired) electrons. The van der Waals surface area contributed by atoms with Crippen molar-refractivity contribution in [1.82, 2.24) is 19.9 Å². The highest BCUT2D eigenvalue weighted by Gasteiger charge is 2.43. The van der Waals surface area contributed by atoms with Crippen LogP contribution in [0.3, 0.4) is 0 Å². The van der Waals surface area contributed by atoms with Crippen LogP contribution in [0.2, 0.25) is 0 Å². The molecule has 5 nitrogen and oxygen atoms in total. The van der Waals surface area contributed by atoms with Crippen LogP contribution < -0.4 is 4.90 Å². The van der Waals surface area contributed by atoms with Crippen molar-refractivity contribution < 1.29 is 0 Å². The van der Waals surface area contributed by atoms with E-state index in [-0.39, 0.29) is 0 Å². The molecule has 2 aliphatic rings. The number of hydrogen-bond acceptors (Lipinski definition) is 5. The third kappa shape index (κ3) is 2.73. The van der Waals surface area contributed by atoms with Crippen LogP contribution in [0.4, 0.5) is 5.13 Å². The number of fused-ring (bicyclic) bond motifs is 1. The average Bonchev–Trinajstić information content (AvgIpc) is 3.37. The van der Waals surface area contributed by atoms with E-state index in [1.54, 1.807) is 0 Å². The number of aromatic nitrogens is 3. The number of imidazole rings is 1. The molecule has 0 bridgehead atoms. The minimum Gasteiger partial charge on any atom is -0.348 e. The number of rotatable bonds is 3. The van der Waals surface area contributed by atoms with Crippen molar-refractivity contribution in [2.75, 3.05) is 24.5 Å². The summed E-state index contributed by atoms with van der Waals surface area (Å²) in [7, 11) is 0. The maximum Gasteiger partial charge on any atom is 0.186 e. The quantitative estimate of drug-likeness (QED) is 0.781. The standard InChI is InChI=1S/C19H23N5S/c1-2-5-16-15(4-1)22-18(25-16)23-12-7-19(8-13-23)6-3-11-24(19)14-17-20-9-10-21-17/h1-2,4-5,9-10H,3,6-8,11-14H2,(H,20,21). The van der Waals surface area contributed by atoms with Crippen molar-refractivity contribution in [1.29, 1.82) is 0 Å². The predicted molar refractivity (Wildman–Crippen MR) is 102 cm³/mol. The summed E-state index contributed by atoms with van der Waals surface area (Å²) in [5.74, 6) is 1.09. The highest BCUT2D eigenvalue weighted by Crippen LogP contribution is 2.41. The van der Waals surface area contributed by atoms with Crippen molar-refractivity contribution in [3.05, 3.63) is 42.5 Å².